The van der Waals surface area contributed by atoms with Crippen LogP contribution in [0, 0.1) is 0 Å². The number of nitrogens with zero attached hydrogens (tertiary/aromatic N) is 1. The first-order valence-corrected chi connectivity index (χ1v) is 4.96. The highest BCUT2D eigenvalue weighted by atomic mass is 16.5. The van der Waals surface area contributed by atoms with Crippen LogP contribution in [0.2, 0.25) is 0 Å². The highest BCUT2D eigenvalue weighted by Crippen LogP contribution is 2.09. The second-order valence-electron chi connectivity index (χ2n) is 3.03. The molecule has 0 aliphatic heterocycles. The van der Waals surface area contributed by atoms with E-state index in [1.54, 1.807) is 19.4 Å². The third-order valence-corrected chi connectivity index (χ3v) is 1.80. The SMILES string of the molecule is COCCOCCOc1cncc(C=O)c1. The molecule has 0 radical (unpaired) electrons. The number of hydrogen-bond acceptors (Lipinski definition) is 5. The molecule has 0 fully saturated rings. The summed E-state index contributed by atoms with van der Waals surface area (Å²) < 4.78 is 15.4. The summed E-state index contributed by atoms with van der Waals surface area (Å²) in [6, 6.07) is 1.63. The Morgan fingerprint density at radius 2 is 2.06 bits per heavy atom. The Hall–Kier alpha value is -1.46. The fourth-order valence-electron chi connectivity index (χ4n) is 1.04. The molecule has 0 amide bonds. The molecule has 0 unspecified atom stereocenters. The van der Waals surface area contributed by atoms with Gasteiger partial charge >= 0.3 is 0 Å². The number of hydrogen-bond donors (Lipinski definition) is 0. The molecule has 1 aromatic rings. The van der Waals surface area contributed by atoms with Crippen molar-refractivity contribution in [2.45, 2.75) is 0 Å². The lowest BCUT2D eigenvalue weighted by Gasteiger charge is -2.06. The van der Waals surface area contributed by atoms with Crippen molar-refractivity contribution in [2.24, 2.45) is 0 Å². The minimum absolute atomic E-state index is 0.424. The third-order valence-electron chi connectivity index (χ3n) is 1.80. The molecule has 0 aliphatic carbocycles. The van der Waals surface area contributed by atoms with Gasteiger partial charge in [-0.05, 0) is 6.07 Å². The van der Waals surface area contributed by atoms with Crippen LogP contribution in [0.25, 0.3) is 0 Å². The average Bonchev–Trinajstić information content (AvgIpc) is 2.34. The Balaban J connectivity index is 2.18. The van der Waals surface area contributed by atoms with E-state index in [4.69, 9.17) is 14.2 Å². The second-order valence-corrected chi connectivity index (χ2v) is 3.03. The van der Waals surface area contributed by atoms with Gasteiger partial charge in [0.25, 0.3) is 0 Å². The van der Waals surface area contributed by atoms with E-state index in [0.29, 0.717) is 37.7 Å². The summed E-state index contributed by atoms with van der Waals surface area (Å²) in [6.45, 7) is 2.02. The Morgan fingerprint density at radius 1 is 1.25 bits per heavy atom. The molecule has 0 spiro atoms. The Kier molecular flexibility index (Phi) is 6.13. The summed E-state index contributed by atoms with van der Waals surface area (Å²) >= 11 is 0. The van der Waals surface area contributed by atoms with E-state index >= 15 is 0 Å². The van der Waals surface area contributed by atoms with Gasteiger partial charge in [-0.25, -0.2) is 0 Å². The molecule has 5 heteroatoms. The summed E-state index contributed by atoms with van der Waals surface area (Å²) in [4.78, 5) is 14.3. The molecule has 88 valence electrons. The number of pyridine rings is 1. The van der Waals surface area contributed by atoms with Crippen LogP contribution in [-0.4, -0.2) is 44.8 Å². The second kappa shape index (κ2) is 7.78. The Bertz CT molecular complexity index is 317. The lowest BCUT2D eigenvalue weighted by Crippen LogP contribution is -2.10. The van der Waals surface area contributed by atoms with Crippen molar-refractivity contribution >= 4 is 6.29 Å². The third kappa shape index (κ3) is 4.86. The quantitative estimate of drug-likeness (QED) is 0.486. The largest absolute Gasteiger partial charge is 0.490 e. The lowest BCUT2D eigenvalue weighted by atomic mass is 10.3. The standard InChI is InChI=1S/C11H15NO4/c1-14-2-3-15-4-5-16-11-6-10(9-13)7-12-8-11/h6-9H,2-5H2,1H3. The predicted octanol–water partition coefficient (Wildman–Crippen LogP) is 0.936. The summed E-state index contributed by atoms with van der Waals surface area (Å²) in [6.07, 6.45) is 3.77. The van der Waals surface area contributed by atoms with E-state index in [0.717, 1.165) is 6.29 Å². The van der Waals surface area contributed by atoms with Gasteiger partial charge in [-0.15, -0.1) is 0 Å². The number of methoxy groups -OCH3 is 1. The Labute approximate surface area is 94.3 Å². The number of aromatic nitrogens is 1. The van der Waals surface area contributed by atoms with E-state index < -0.39 is 0 Å². The van der Waals surface area contributed by atoms with Crippen molar-refractivity contribution in [1.29, 1.82) is 0 Å². The zero-order valence-corrected chi connectivity index (χ0v) is 9.22. The number of ether oxygens (including phenoxy) is 3. The van der Waals surface area contributed by atoms with Crippen LogP contribution in [0.15, 0.2) is 18.5 Å². The predicted molar refractivity (Wildman–Crippen MR) is 57.8 cm³/mol. The van der Waals surface area contributed by atoms with Crippen molar-refractivity contribution in [3.8, 4) is 5.75 Å². The first-order chi connectivity index (χ1) is 7.86. The number of carbonyl (C=O) groups excluding carboxylic acids is 1. The van der Waals surface area contributed by atoms with Crippen LogP contribution in [0.1, 0.15) is 10.4 Å². The van der Waals surface area contributed by atoms with Gasteiger partial charge in [-0.2, -0.15) is 0 Å². The molecule has 0 N–H and O–H groups in total. The molecule has 5 nitrogen and oxygen atoms in total. The smallest absolute Gasteiger partial charge is 0.151 e. The van der Waals surface area contributed by atoms with Gasteiger partial charge in [0.05, 0.1) is 26.0 Å². The van der Waals surface area contributed by atoms with Gasteiger partial charge in [0.15, 0.2) is 6.29 Å². The normalized spacial score (nSPS) is 10.1. The highest BCUT2D eigenvalue weighted by Gasteiger charge is 1.96. The topological polar surface area (TPSA) is 57.6 Å². The Morgan fingerprint density at radius 3 is 2.81 bits per heavy atom. The van der Waals surface area contributed by atoms with Gasteiger partial charge in [0.1, 0.15) is 12.4 Å². The maximum Gasteiger partial charge on any atom is 0.151 e. The molecule has 0 aliphatic rings. The van der Waals surface area contributed by atoms with Crippen molar-refractivity contribution in [1.82, 2.24) is 4.98 Å². The molecule has 1 heterocycles. The van der Waals surface area contributed by atoms with Crippen LogP contribution in [-0.2, 0) is 9.47 Å². The average molecular weight is 225 g/mol. The number of aldehydes is 1. The van der Waals surface area contributed by atoms with Crippen molar-refractivity contribution in [3.63, 3.8) is 0 Å². The van der Waals surface area contributed by atoms with Crippen molar-refractivity contribution < 1.29 is 19.0 Å². The minimum Gasteiger partial charge on any atom is -0.490 e. The van der Waals surface area contributed by atoms with Gasteiger partial charge in [0, 0.05) is 18.9 Å². The van der Waals surface area contributed by atoms with E-state index in [-0.39, 0.29) is 0 Å². The molecule has 1 aromatic heterocycles. The fraction of sp³-hybridized carbons (Fsp3) is 0.455. The van der Waals surface area contributed by atoms with Gasteiger partial charge in [-0.3, -0.25) is 9.78 Å². The molecule has 0 atom stereocenters. The molecule has 0 bridgehead atoms. The molecular weight excluding hydrogens is 210 g/mol. The zero-order chi connectivity index (χ0) is 11.6. The van der Waals surface area contributed by atoms with E-state index in [2.05, 4.69) is 4.98 Å². The van der Waals surface area contributed by atoms with Crippen molar-refractivity contribution in [2.75, 3.05) is 33.5 Å². The highest BCUT2D eigenvalue weighted by molar-refractivity contribution is 5.74. The number of carbonyl (C=O) groups is 1. The molecule has 0 saturated heterocycles. The van der Waals surface area contributed by atoms with Crippen LogP contribution >= 0.6 is 0 Å². The van der Waals surface area contributed by atoms with Crippen molar-refractivity contribution in [3.05, 3.63) is 24.0 Å². The molecule has 1 rings (SSSR count). The fourth-order valence-corrected chi connectivity index (χ4v) is 1.04. The van der Waals surface area contributed by atoms with Gasteiger partial charge < -0.3 is 14.2 Å². The first kappa shape index (κ1) is 12.6. The summed E-state index contributed by atoms with van der Waals surface area (Å²) in [5.74, 6) is 0.569. The van der Waals surface area contributed by atoms with E-state index in [9.17, 15) is 4.79 Å². The van der Waals surface area contributed by atoms with E-state index in [1.807, 2.05) is 0 Å². The summed E-state index contributed by atoms with van der Waals surface area (Å²) in [5.41, 5.74) is 0.498. The molecule has 16 heavy (non-hydrogen) atoms. The molecular formula is C11H15NO4. The monoisotopic (exact) mass is 225 g/mol. The van der Waals surface area contributed by atoms with E-state index in [1.165, 1.54) is 6.20 Å². The molecule has 0 aromatic carbocycles. The van der Waals surface area contributed by atoms with Crippen LogP contribution in [0.5, 0.6) is 5.75 Å². The summed E-state index contributed by atoms with van der Waals surface area (Å²) in [7, 11) is 1.62. The van der Waals surface area contributed by atoms with Gasteiger partial charge in [-0.1, -0.05) is 0 Å². The van der Waals surface area contributed by atoms with Crippen LogP contribution in [0.4, 0.5) is 0 Å². The van der Waals surface area contributed by atoms with Crippen LogP contribution < -0.4 is 4.74 Å². The lowest BCUT2D eigenvalue weighted by molar-refractivity contribution is 0.0543. The van der Waals surface area contributed by atoms with Crippen LogP contribution in [0.3, 0.4) is 0 Å². The minimum atomic E-state index is 0.424. The summed E-state index contributed by atoms with van der Waals surface area (Å²) in [5, 5.41) is 0. The number of rotatable bonds is 8. The molecule has 0 saturated carbocycles. The zero-order valence-electron chi connectivity index (χ0n) is 9.22. The maximum absolute atomic E-state index is 10.5. The first-order valence-electron chi connectivity index (χ1n) is 4.96. The maximum atomic E-state index is 10.5. The van der Waals surface area contributed by atoms with Gasteiger partial charge in [0.2, 0.25) is 0 Å².